The Balaban J connectivity index is 1.44. The maximum atomic E-state index is 13.6. The number of aryl methyl sites for hydroxylation is 1. The molecule has 2 aromatic carbocycles. The van der Waals surface area contributed by atoms with Crippen LogP contribution in [0.15, 0.2) is 36.4 Å². The van der Waals surface area contributed by atoms with Crippen LogP contribution in [0.5, 0.6) is 5.75 Å². The molecule has 0 radical (unpaired) electrons. The summed E-state index contributed by atoms with van der Waals surface area (Å²) in [4.78, 5) is 32.7. The number of fused-ring (bicyclic) bond motifs is 1. The van der Waals surface area contributed by atoms with Gasteiger partial charge in [-0.2, -0.15) is 0 Å². The molecule has 1 aliphatic rings. The summed E-state index contributed by atoms with van der Waals surface area (Å²) in [5.41, 5.74) is 3.09. The van der Waals surface area contributed by atoms with Gasteiger partial charge in [0.05, 0.1) is 29.6 Å². The summed E-state index contributed by atoms with van der Waals surface area (Å²) in [5.74, 6) is 0.403. The molecule has 45 heavy (non-hydrogen) atoms. The molecule has 2 aromatic heterocycles. The van der Waals surface area contributed by atoms with Crippen LogP contribution in [0.4, 0.5) is 17.1 Å². The van der Waals surface area contributed by atoms with Gasteiger partial charge in [0.1, 0.15) is 22.6 Å². The Hall–Kier alpha value is -4.20. The number of carboxylic acids is 1. The number of carbonyl (C=O) groups excluding carboxylic acids is 1. The van der Waals surface area contributed by atoms with Gasteiger partial charge in [0, 0.05) is 12.0 Å². The standard InChI is InChI=1S/C33H35Cl2N5O5/c1-17-8-11-25(44-12-6-7-26(41)42)24(15-17)37-23-16-21(9-10-22(23)34)31-38-32-27(28(36-5)30(35)40(32)39-31)33(43)45-29-19(3)13-18(2)14-20(29)4/h8-11,15-16,18-20,29,37H,6-7,12-14H2,1-4H3,(H,38,39)(H,41,42). The lowest BCUT2D eigenvalue weighted by Gasteiger charge is -2.37. The molecule has 2 heterocycles. The van der Waals surface area contributed by atoms with Crippen molar-refractivity contribution in [2.45, 2.75) is 59.5 Å². The molecule has 2 atom stereocenters. The molecule has 1 saturated carbocycles. The zero-order valence-corrected chi connectivity index (χ0v) is 27.0. The fourth-order valence-corrected chi connectivity index (χ4v) is 6.60. The van der Waals surface area contributed by atoms with E-state index in [2.05, 4.69) is 41.0 Å². The van der Waals surface area contributed by atoms with Crippen molar-refractivity contribution in [3.63, 3.8) is 0 Å². The molecule has 10 nitrogen and oxygen atoms in total. The van der Waals surface area contributed by atoms with Crippen LogP contribution in [0.25, 0.3) is 21.9 Å². The third-order valence-electron chi connectivity index (χ3n) is 8.17. The van der Waals surface area contributed by atoms with Gasteiger partial charge in [-0.25, -0.2) is 19.1 Å². The van der Waals surface area contributed by atoms with Crippen molar-refractivity contribution < 1.29 is 24.2 Å². The van der Waals surface area contributed by atoms with E-state index in [0.717, 1.165) is 18.4 Å². The predicted molar refractivity (Wildman–Crippen MR) is 174 cm³/mol. The fraction of sp³-hybridized carbons (Fsp3) is 0.394. The molecular weight excluding hydrogens is 617 g/mol. The van der Waals surface area contributed by atoms with Crippen LogP contribution in [0.2, 0.25) is 10.2 Å². The smallest absolute Gasteiger partial charge is 0.331 e. The summed E-state index contributed by atoms with van der Waals surface area (Å²) in [7, 11) is 0. The molecule has 0 saturated heterocycles. The lowest BCUT2D eigenvalue weighted by atomic mass is 9.75. The van der Waals surface area contributed by atoms with Gasteiger partial charge in [-0.1, -0.05) is 50.0 Å². The second kappa shape index (κ2) is 13.4. The second-order valence-corrected chi connectivity index (χ2v) is 12.7. The van der Waals surface area contributed by atoms with E-state index < -0.39 is 11.9 Å². The van der Waals surface area contributed by atoms with Gasteiger partial charge in [-0.3, -0.25) is 9.89 Å². The zero-order chi connectivity index (χ0) is 32.4. The molecule has 5 rings (SSSR count). The highest BCUT2D eigenvalue weighted by Crippen LogP contribution is 2.40. The van der Waals surface area contributed by atoms with Gasteiger partial charge in [0.15, 0.2) is 11.5 Å². The molecule has 1 fully saturated rings. The molecule has 12 heteroatoms. The maximum Gasteiger partial charge on any atom is 0.331 e. The van der Waals surface area contributed by atoms with Crippen molar-refractivity contribution in [1.82, 2.24) is 14.6 Å². The second-order valence-electron chi connectivity index (χ2n) is 11.9. The molecule has 0 aliphatic heterocycles. The third-order valence-corrected chi connectivity index (χ3v) is 8.84. The topological polar surface area (TPSA) is 122 Å². The number of hydrogen-bond acceptors (Lipinski definition) is 6. The number of nitrogens with one attached hydrogen (secondary N) is 2. The quantitative estimate of drug-likeness (QED) is 0.0890. The molecule has 0 spiro atoms. The van der Waals surface area contributed by atoms with Gasteiger partial charge in [0.25, 0.3) is 0 Å². The summed E-state index contributed by atoms with van der Waals surface area (Å²) in [6.07, 6.45) is 2.04. The Bertz CT molecular complexity index is 1780. The number of ether oxygens (including phenoxy) is 2. The Morgan fingerprint density at radius 1 is 1.13 bits per heavy atom. The maximum absolute atomic E-state index is 13.6. The molecule has 4 aromatic rings. The van der Waals surface area contributed by atoms with Crippen molar-refractivity contribution in [2.24, 2.45) is 17.8 Å². The summed E-state index contributed by atoms with van der Waals surface area (Å²) < 4.78 is 13.3. The number of hydrogen-bond donors (Lipinski definition) is 3. The minimum absolute atomic E-state index is 0.00903. The summed E-state index contributed by atoms with van der Waals surface area (Å²) >= 11 is 13.2. The molecular formula is C33H35Cl2N5O5. The molecule has 1 aliphatic carbocycles. The number of esters is 1. The number of aromatic amines is 1. The summed E-state index contributed by atoms with van der Waals surface area (Å²) in [6, 6.07) is 10.9. The first-order valence-electron chi connectivity index (χ1n) is 14.9. The van der Waals surface area contributed by atoms with Gasteiger partial charge in [-0.15, -0.1) is 0 Å². The average Bonchev–Trinajstić information content (AvgIpc) is 3.52. The largest absolute Gasteiger partial charge is 0.491 e. The third kappa shape index (κ3) is 6.90. The fourth-order valence-electron chi connectivity index (χ4n) is 6.18. The first kappa shape index (κ1) is 32.2. The van der Waals surface area contributed by atoms with E-state index in [1.165, 1.54) is 4.52 Å². The zero-order valence-electron chi connectivity index (χ0n) is 25.5. The van der Waals surface area contributed by atoms with Crippen LogP contribution in [-0.4, -0.2) is 44.4 Å². The number of halogens is 2. The van der Waals surface area contributed by atoms with Crippen LogP contribution in [0.1, 0.15) is 62.4 Å². The van der Waals surface area contributed by atoms with E-state index in [1.54, 1.807) is 18.2 Å². The number of H-pyrrole nitrogens is 1. The van der Waals surface area contributed by atoms with Crippen LogP contribution in [-0.2, 0) is 9.53 Å². The SMILES string of the molecule is [C-]#[N+]c1c(C(=O)OC2C(C)CC(C)CC2C)c2nc(-c3ccc(Cl)c(Nc4cc(C)ccc4OCCCC(=O)O)c3)[nH]n2c1Cl. The predicted octanol–water partition coefficient (Wildman–Crippen LogP) is 8.71. The number of benzene rings is 2. The number of carbonyl (C=O) groups is 2. The molecule has 0 bridgehead atoms. The van der Waals surface area contributed by atoms with E-state index >= 15 is 0 Å². The van der Waals surface area contributed by atoms with Crippen molar-refractivity contribution in [2.75, 3.05) is 11.9 Å². The number of rotatable bonds is 10. The summed E-state index contributed by atoms with van der Waals surface area (Å²) in [6.45, 7) is 16.3. The van der Waals surface area contributed by atoms with Crippen LogP contribution in [0.3, 0.4) is 0 Å². The Labute approximate surface area is 271 Å². The van der Waals surface area contributed by atoms with Gasteiger partial charge in [0.2, 0.25) is 5.69 Å². The Kier molecular flexibility index (Phi) is 9.61. The van der Waals surface area contributed by atoms with Crippen molar-refractivity contribution in [3.05, 3.63) is 69.1 Å². The van der Waals surface area contributed by atoms with E-state index in [9.17, 15) is 9.59 Å². The monoisotopic (exact) mass is 651 g/mol. The minimum Gasteiger partial charge on any atom is -0.491 e. The number of aliphatic carboxylic acids is 1. The highest BCUT2D eigenvalue weighted by atomic mass is 35.5. The lowest BCUT2D eigenvalue weighted by Crippen LogP contribution is -2.37. The van der Waals surface area contributed by atoms with Crippen LogP contribution in [0, 0.1) is 31.2 Å². The molecule has 2 unspecified atom stereocenters. The van der Waals surface area contributed by atoms with E-state index in [4.69, 9.17) is 44.4 Å². The Morgan fingerprint density at radius 3 is 2.56 bits per heavy atom. The van der Waals surface area contributed by atoms with E-state index in [-0.39, 0.29) is 53.0 Å². The van der Waals surface area contributed by atoms with Crippen molar-refractivity contribution in [1.29, 1.82) is 0 Å². The van der Waals surface area contributed by atoms with Gasteiger partial charge >= 0.3 is 11.9 Å². The Morgan fingerprint density at radius 2 is 1.87 bits per heavy atom. The number of anilines is 2. The van der Waals surface area contributed by atoms with Gasteiger partial charge in [-0.05, 0) is 79.8 Å². The molecule has 0 amide bonds. The van der Waals surface area contributed by atoms with E-state index in [0.29, 0.717) is 45.9 Å². The normalized spacial score (nSPS) is 19.7. The first-order valence-corrected chi connectivity index (χ1v) is 15.6. The average molecular weight is 653 g/mol. The van der Waals surface area contributed by atoms with Crippen molar-refractivity contribution >= 4 is 57.8 Å². The van der Waals surface area contributed by atoms with E-state index in [1.807, 2.05) is 25.1 Å². The number of nitrogens with zero attached hydrogens (tertiary/aromatic N) is 3. The van der Waals surface area contributed by atoms with Crippen LogP contribution < -0.4 is 10.1 Å². The van der Waals surface area contributed by atoms with Gasteiger partial charge < -0.3 is 19.9 Å². The molecule has 236 valence electrons. The number of aromatic nitrogens is 3. The number of carboxylic acid groups (broad SMARTS) is 1. The summed E-state index contributed by atoms with van der Waals surface area (Å²) in [5, 5.41) is 15.8. The van der Waals surface area contributed by atoms with Crippen LogP contribution >= 0.6 is 23.2 Å². The lowest BCUT2D eigenvalue weighted by molar-refractivity contribution is -0.137. The highest BCUT2D eigenvalue weighted by molar-refractivity contribution is 6.34. The van der Waals surface area contributed by atoms with Crippen molar-refractivity contribution in [3.8, 4) is 17.1 Å². The molecule has 3 N–H and O–H groups in total. The highest BCUT2D eigenvalue weighted by Gasteiger charge is 2.36. The minimum atomic E-state index is -0.877. The first-order chi connectivity index (χ1) is 21.5.